The summed E-state index contributed by atoms with van der Waals surface area (Å²) < 4.78 is 0. The van der Waals surface area contributed by atoms with Gasteiger partial charge in [0, 0.05) is 21.7 Å². The molecule has 4 aromatic rings. The van der Waals surface area contributed by atoms with Gasteiger partial charge in [0.15, 0.2) is 0 Å². The Balaban J connectivity index is 1.47. The molecule has 140 valence electrons. The van der Waals surface area contributed by atoms with Gasteiger partial charge in [-0.2, -0.15) is 0 Å². The van der Waals surface area contributed by atoms with Crippen LogP contribution >= 0.6 is 22.9 Å². The standard InChI is InChI=1S/C22H17ClN2O2S/c23-19-4-2-1-3-18(19)20-13-28-21(25-20)12-24-17-8-7-15-9-14(10-22(26)27)5-6-16(15)11-17/h1-9,11,13,24H,10,12H2,(H,26,27). The molecule has 0 unspecified atom stereocenters. The molecule has 0 fully saturated rings. The number of hydrogen-bond acceptors (Lipinski definition) is 4. The molecule has 4 nitrogen and oxygen atoms in total. The van der Waals surface area contributed by atoms with Crippen LogP contribution in [0.3, 0.4) is 0 Å². The minimum Gasteiger partial charge on any atom is -0.481 e. The Hall–Kier alpha value is -2.89. The molecule has 1 heterocycles. The topological polar surface area (TPSA) is 62.2 Å². The van der Waals surface area contributed by atoms with Gasteiger partial charge >= 0.3 is 5.97 Å². The van der Waals surface area contributed by atoms with Gasteiger partial charge in [0.2, 0.25) is 0 Å². The van der Waals surface area contributed by atoms with E-state index in [0.29, 0.717) is 11.6 Å². The zero-order chi connectivity index (χ0) is 19.5. The van der Waals surface area contributed by atoms with Crippen molar-refractivity contribution in [1.29, 1.82) is 0 Å². The van der Waals surface area contributed by atoms with E-state index in [-0.39, 0.29) is 6.42 Å². The van der Waals surface area contributed by atoms with Crippen LogP contribution in [0.2, 0.25) is 5.02 Å². The number of nitrogens with one attached hydrogen (secondary N) is 1. The third-order valence-electron chi connectivity index (χ3n) is 4.41. The minimum atomic E-state index is -0.822. The van der Waals surface area contributed by atoms with Crippen molar-refractivity contribution in [1.82, 2.24) is 4.98 Å². The number of aromatic nitrogens is 1. The number of halogens is 1. The molecule has 0 aliphatic rings. The van der Waals surface area contributed by atoms with Crippen LogP contribution in [0.1, 0.15) is 10.6 Å². The maximum absolute atomic E-state index is 10.9. The monoisotopic (exact) mass is 408 g/mol. The van der Waals surface area contributed by atoms with Crippen LogP contribution in [-0.4, -0.2) is 16.1 Å². The summed E-state index contributed by atoms with van der Waals surface area (Å²) in [5.74, 6) is -0.822. The number of anilines is 1. The molecule has 0 amide bonds. The van der Waals surface area contributed by atoms with Gasteiger partial charge in [-0.05, 0) is 34.5 Å². The molecule has 0 bridgehead atoms. The summed E-state index contributed by atoms with van der Waals surface area (Å²) in [6, 6.07) is 19.5. The van der Waals surface area contributed by atoms with E-state index in [9.17, 15) is 4.79 Å². The maximum atomic E-state index is 10.9. The molecule has 6 heteroatoms. The molecule has 4 rings (SSSR count). The summed E-state index contributed by atoms with van der Waals surface area (Å²) in [7, 11) is 0. The molecule has 0 radical (unpaired) electrons. The number of carbonyl (C=O) groups is 1. The summed E-state index contributed by atoms with van der Waals surface area (Å²) in [4.78, 5) is 15.5. The summed E-state index contributed by atoms with van der Waals surface area (Å²) in [5.41, 5.74) is 3.62. The third-order valence-corrected chi connectivity index (χ3v) is 5.58. The van der Waals surface area contributed by atoms with Crippen molar-refractivity contribution in [2.75, 3.05) is 5.32 Å². The van der Waals surface area contributed by atoms with Gasteiger partial charge in [0.25, 0.3) is 0 Å². The lowest BCUT2D eigenvalue weighted by Gasteiger charge is -2.07. The molecular formula is C22H17ClN2O2S. The number of carboxylic acids is 1. The summed E-state index contributed by atoms with van der Waals surface area (Å²) in [6.07, 6.45) is 0.0355. The fraction of sp³-hybridized carbons (Fsp3) is 0.0909. The first-order valence-electron chi connectivity index (χ1n) is 8.76. The van der Waals surface area contributed by atoms with E-state index in [4.69, 9.17) is 16.7 Å². The highest BCUT2D eigenvalue weighted by Gasteiger charge is 2.08. The fourth-order valence-corrected chi connectivity index (χ4v) is 4.02. The van der Waals surface area contributed by atoms with Crippen LogP contribution in [-0.2, 0) is 17.8 Å². The van der Waals surface area contributed by atoms with Crippen LogP contribution in [0, 0.1) is 0 Å². The van der Waals surface area contributed by atoms with E-state index in [0.717, 1.165) is 38.3 Å². The lowest BCUT2D eigenvalue weighted by molar-refractivity contribution is -0.136. The van der Waals surface area contributed by atoms with Crippen LogP contribution in [0.15, 0.2) is 66.0 Å². The first-order valence-corrected chi connectivity index (χ1v) is 10.0. The number of rotatable bonds is 6. The molecule has 0 atom stereocenters. The van der Waals surface area contributed by atoms with E-state index in [1.807, 2.05) is 60.0 Å². The van der Waals surface area contributed by atoms with Gasteiger partial charge < -0.3 is 10.4 Å². The predicted octanol–water partition coefficient (Wildman–Crippen LogP) is 5.86. The van der Waals surface area contributed by atoms with Crippen molar-refractivity contribution in [2.24, 2.45) is 0 Å². The number of nitrogens with zero attached hydrogens (tertiary/aromatic N) is 1. The van der Waals surface area contributed by atoms with Crippen LogP contribution in [0.5, 0.6) is 0 Å². The molecule has 0 saturated heterocycles. The first-order chi connectivity index (χ1) is 13.6. The molecule has 28 heavy (non-hydrogen) atoms. The number of thiazole rings is 1. The summed E-state index contributed by atoms with van der Waals surface area (Å²) >= 11 is 7.85. The van der Waals surface area contributed by atoms with Gasteiger partial charge in [-0.25, -0.2) is 4.98 Å². The van der Waals surface area contributed by atoms with E-state index in [1.165, 1.54) is 0 Å². The molecular weight excluding hydrogens is 392 g/mol. The average molecular weight is 409 g/mol. The summed E-state index contributed by atoms with van der Waals surface area (Å²) in [6.45, 7) is 0.623. The second-order valence-corrected chi connectivity index (χ2v) is 7.78. The molecule has 0 aliphatic carbocycles. The molecule has 0 spiro atoms. The van der Waals surface area contributed by atoms with E-state index < -0.39 is 5.97 Å². The number of hydrogen-bond donors (Lipinski definition) is 2. The number of fused-ring (bicyclic) bond motifs is 1. The lowest BCUT2D eigenvalue weighted by Crippen LogP contribution is -2.00. The molecule has 3 aromatic carbocycles. The molecule has 1 aromatic heterocycles. The second kappa shape index (κ2) is 8.00. The van der Waals surface area contributed by atoms with Gasteiger partial charge in [0.1, 0.15) is 5.01 Å². The van der Waals surface area contributed by atoms with Crippen molar-refractivity contribution < 1.29 is 9.90 Å². The van der Waals surface area contributed by atoms with Crippen molar-refractivity contribution in [3.8, 4) is 11.3 Å². The van der Waals surface area contributed by atoms with E-state index in [2.05, 4.69) is 16.4 Å². The van der Waals surface area contributed by atoms with Crippen LogP contribution < -0.4 is 5.32 Å². The molecule has 0 aliphatic heterocycles. The Bertz CT molecular complexity index is 1160. The Kier molecular flexibility index (Phi) is 5.28. The summed E-state index contributed by atoms with van der Waals surface area (Å²) in [5, 5.41) is 18.1. The van der Waals surface area contributed by atoms with Crippen LogP contribution in [0.4, 0.5) is 5.69 Å². The maximum Gasteiger partial charge on any atom is 0.307 e. The minimum absolute atomic E-state index is 0.0355. The quantitative estimate of drug-likeness (QED) is 0.419. The molecule has 2 N–H and O–H groups in total. The lowest BCUT2D eigenvalue weighted by atomic mass is 10.0. The first kappa shape index (κ1) is 18.5. The van der Waals surface area contributed by atoms with E-state index in [1.54, 1.807) is 11.3 Å². The smallest absolute Gasteiger partial charge is 0.307 e. The van der Waals surface area contributed by atoms with Gasteiger partial charge in [-0.3, -0.25) is 4.79 Å². The van der Waals surface area contributed by atoms with Crippen molar-refractivity contribution in [3.05, 3.63) is 81.6 Å². The van der Waals surface area contributed by atoms with E-state index >= 15 is 0 Å². The van der Waals surface area contributed by atoms with Crippen LogP contribution in [0.25, 0.3) is 22.0 Å². The van der Waals surface area contributed by atoms with Crippen molar-refractivity contribution in [3.63, 3.8) is 0 Å². The average Bonchev–Trinajstić information content (AvgIpc) is 3.15. The van der Waals surface area contributed by atoms with Crippen molar-refractivity contribution in [2.45, 2.75) is 13.0 Å². The zero-order valence-electron chi connectivity index (χ0n) is 14.9. The Morgan fingerprint density at radius 2 is 1.86 bits per heavy atom. The fourth-order valence-electron chi connectivity index (χ4n) is 3.05. The Morgan fingerprint density at radius 1 is 1.07 bits per heavy atom. The highest BCUT2D eigenvalue weighted by molar-refractivity contribution is 7.10. The number of benzene rings is 3. The number of aliphatic carboxylic acids is 1. The van der Waals surface area contributed by atoms with Crippen molar-refractivity contribution >= 4 is 45.4 Å². The second-order valence-electron chi connectivity index (χ2n) is 6.43. The predicted molar refractivity (Wildman–Crippen MR) is 115 cm³/mol. The largest absolute Gasteiger partial charge is 0.481 e. The molecule has 0 saturated carbocycles. The SMILES string of the molecule is O=C(O)Cc1ccc2cc(NCc3nc(-c4ccccc4Cl)cs3)ccc2c1. The highest BCUT2D eigenvalue weighted by atomic mass is 35.5. The highest BCUT2D eigenvalue weighted by Crippen LogP contribution is 2.29. The zero-order valence-corrected chi connectivity index (χ0v) is 16.4. The Morgan fingerprint density at radius 3 is 2.68 bits per heavy atom. The van der Waals surface area contributed by atoms with Gasteiger partial charge in [-0.15, -0.1) is 11.3 Å². The Labute approximate surface area is 171 Å². The number of carboxylic acid groups (broad SMARTS) is 1. The normalized spacial score (nSPS) is 10.9. The van der Waals surface area contributed by atoms with Gasteiger partial charge in [0.05, 0.1) is 18.7 Å². The van der Waals surface area contributed by atoms with Gasteiger partial charge in [-0.1, -0.05) is 54.1 Å². The third kappa shape index (κ3) is 4.16.